The Balaban J connectivity index is 1.85. The number of rotatable bonds is 5. The van der Waals surface area contributed by atoms with E-state index in [-0.39, 0.29) is 10.8 Å². The van der Waals surface area contributed by atoms with Gasteiger partial charge >= 0.3 is 0 Å². The van der Waals surface area contributed by atoms with Crippen LogP contribution in [0, 0.1) is 6.92 Å². The highest BCUT2D eigenvalue weighted by Crippen LogP contribution is 2.23. The highest BCUT2D eigenvalue weighted by molar-refractivity contribution is 7.92. The Kier molecular flexibility index (Phi) is 5.93. The van der Waals surface area contributed by atoms with Crippen molar-refractivity contribution in [3.05, 3.63) is 87.9 Å². The van der Waals surface area contributed by atoms with Crippen LogP contribution in [0.3, 0.4) is 0 Å². The first-order chi connectivity index (χ1) is 13.2. The quantitative estimate of drug-likeness (QED) is 0.567. The average Bonchev–Trinajstić information content (AvgIpc) is 2.63. The molecule has 0 fully saturated rings. The van der Waals surface area contributed by atoms with Gasteiger partial charge in [-0.25, -0.2) is 8.42 Å². The van der Waals surface area contributed by atoms with Crippen molar-refractivity contribution in [1.82, 2.24) is 0 Å². The monoisotopic (exact) mass is 434 g/mol. The molecule has 0 unspecified atom stereocenters. The van der Waals surface area contributed by atoms with Gasteiger partial charge in [-0.15, -0.1) is 0 Å². The number of nitrogens with one attached hydrogen (secondary N) is 2. The molecule has 0 aliphatic carbocycles. The highest BCUT2D eigenvalue weighted by Gasteiger charge is 2.17. The van der Waals surface area contributed by atoms with Crippen LogP contribution in [0.15, 0.2) is 71.6 Å². The minimum Gasteiger partial charge on any atom is -0.322 e. The van der Waals surface area contributed by atoms with Crippen LogP contribution in [-0.2, 0) is 10.0 Å². The number of amides is 1. The van der Waals surface area contributed by atoms with E-state index in [0.29, 0.717) is 32.5 Å². The Bertz CT molecular complexity index is 1130. The van der Waals surface area contributed by atoms with Gasteiger partial charge in [0, 0.05) is 21.3 Å². The first-order valence-electron chi connectivity index (χ1n) is 8.20. The molecule has 1 amide bonds. The maximum atomic E-state index is 12.6. The molecule has 0 spiro atoms. The number of hydrogen-bond acceptors (Lipinski definition) is 3. The molecule has 0 atom stereocenters. The third kappa shape index (κ3) is 4.84. The average molecular weight is 435 g/mol. The van der Waals surface area contributed by atoms with Crippen LogP contribution in [0.2, 0.25) is 10.0 Å². The summed E-state index contributed by atoms with van der Waals surface area (Å²) in [6.07, 6.45) is 0. The summed E-state index contributed by atoms with van der Waals surface area (Å²) in [4.78, 5) is 12.6. The number of sulfonamides is 1. The maximum absolute atomic E-state index is 12.6. The molecule has 0 bridgehead atoms. The van der Waals surface area contributed by atoms with Gasteiger partial charge in [0.1, 0.15) is 0 Å². The highest BCUT2D eigenvalue weighted by atomic mass is 35.5. The van der Waals surface area contributed by atoms with Crippen LogP contribution >= 0.6 is 23.2 Å². The predicted octanol–water partition coefficient (Wildman–Crippen LogP) is 5.35. The number of hydrogen-bond donors (Lipinski definition) is 2. The summed E-state index contributed by atoms with van der Waals surface area (Å²) < 4.78 is 27.7. The Hall–Kier alpha value is -2.54. The van der Waals surface area contributed by atoms with E-state index in [1.807, 2.05) is 0 Å². The van der Waals surface area contributed by atoms with Crippen molar-refractivity contribution in [1.29, 1.82) is 0 Å². The predicted molar refractivity (Wildman–Crippen MR) is 113 cm³/mol. The summed E-state index contributed by atoms with van der Waals surface area (Å²) in [5.74, 6) is -0.380. The second kappa shape index (κ2) is 8.22. The van der Waals surface area contributed by atoms with Crippen molar-refractivity contribution >= 4 is 50.5 Å². The van der Waals surface area contributed by atoms with Gasteiger partial charge in [-0.2, -0.15) is 0 Å². The third-order valence-electron chi connectivity index (χ3n) is 3.95. The fourth-order valence-corrected chi connectivity index (χ4v) is 3.90. The van der Waals surface area contributed by atoms with Gasteiger partial charge in [0.15, 0.2) is 0 Å². The lowest BCUT2D eigenvalue weighted by Gasteiger charge is -2.13. The molecule has 28 heavy (non-hydrogen) atoms. The molecule has 8 heteroatoms. The van der Waals surface area contributed by atoms with Gasteiger partial charge in [-0.1, -0.05) is 35.3 Å². The van der Waals surface area contributed by atoms with Gasteiger partial charge in [0.05, 0.1) is 10.6 Å². The van der Waals surface area contributed by atoms with Gasteiger partial charge in [-0.3, -0.25) is 9.52 Å². The first kappa shape index (κ1) is 20.2. The molecule has 3 rings (SSSR count). The SMILES string of the molecule is Cc1ccc(C(=O)Nc2cccc(Cl)c2)cc1NS(=O)(=O)c1ccc(Cl)cc1. The smallest absolute Gasteiger partial charge is 0.261 e. The van der Waals surface area contributed by atoms with E-state index in [0.717, 1.165) is 0 Å². The van der Waals surface area contributed by atoms with Gasteiger partial charge in [0.25, 0.3) is 15.9 Å². The molecule has 0 aliphatic rings. The van der Waals surface area contributed by atoms with E-state index in [2.05, 4.69) is 10.0 Å². The number of benzene rings is 3. The summed E-state index contributed by atoms with van der Waals surface area (Å²) in [5.41, 5.74) is 1.84. The molecule has 0 radical (unpaired) electrons. The largest absolute Gasteiger partial charge is 0.322 e. The lowest BCUT2D eigenvalue weighted by Crippen LogP contribution is -2.16. The molecule has 5 nitrogen and oxygen atoms in total. The molecule has 0 aromatic heterocycles. The molecule has 0 saturated heterocycles. The summed E-state index contributed by atoms with van der Waals surface area (Å²) in [6, 6.07) is 17.4. The standard InChI is InChI=1S/C20H16Cl2N2O3S/c1-13-5-6-14(20(25)23-17-4-2-3-16(22)12-17)11-19(13)24-28(26,27)18-9-7-15(21)8-10-18/h2-12,24H,1H3,(H,23,25). The van der Waals surface area contributed by atoms with Crippen molar-refractivity contribution in [3.8, 4) is 0 Å². The minimum absolute atomic E-state index is 0.0742. The molecular formula is C20H16Cl2N2O3S. The normalized spacial score (nSPS) is 11.1. The van der Waals surface area contributed by atoms with Crippen LogP contribution in [-0.4, -0.2) is 14.3 Å². The lowest BCUT2D eigenvalue weighted by molar-refractivity contribution is 0.102. The fraction of sp³-hybridized carbons (Fsp3) is 0.0500. The van der Waals surface area contributed by atoms with Crippen LogP contribution in [0.4, 0.5) is 11.4 Å². The number of carbonyl (C=O) groups is 1. The maximum Gasteiger partial charge on any atom is 0.261 e. The van der Waals surface area contributed by atoms with Gasteiger partial charge < -0.3 is 5.32 Å². The van der Waals surface area contributed by atoms with E-state index in [4.69, 9.17) is 23.2 Å². The molecule has 3 aromatic carbocycles. The summed E-state index contributed by atoms with van der Waals surface area (Å²) in [6.45, 7) is 1.75. The van der Waals surface area contributed by atoms with E-state index in [1.54, 1.807) is 43.3 Å². The second-order valence-corrected chi connectivity index (χ2v) is 8.61. The molecule has 144 valence electrons. The zero-order valence-electron chi connectivity index (χ0n) is 14.7. The van der Waals surface area contributed by atoms with E-state index >= 15 is 0 Å². The Morgan fingerprint density at radius 1 is 0.893 bits per heavy atom. The second-order valence-electron chi connectivity index (χ2n) is 6.05. The zero-order chi connectivity index (χ0) is 20.3. The lowest BCUT2D eigenvalue weighted by atomic mass is 10.1. The fourth-order valence-electron chi connectivity index (χ4n) is 2.46. The van der Waals surface area contributed by atoms with E-state index in [9.17, 15) is 13.2 Å². The zero-order valence-corrected chi connectivity index (χ0v) is 17.1. The van der Waals surface area contributed by atoms with E-state index in [1.165, 1.54) is 30.3 Å². The minimum atomic E-state index is -3.82. The summed E-state index contributed by atoms with van der Waals surface area (Å²) in [5, 5.41) is 3.67. The van der Waals surface area contributed by atoms with Crippen molar-refractivity contribution in [2.45, 2.75) is 11.8 Å². The van der Waals surface area contributed by atoms with Gasteiger partial charge in [-0.05, 0) is 67.1 Å². The Morgan fingerprint density at radius 3 is 2.29 bits per heavy atom. The van der Waals surface area contributed by atoms with Crippen LogP contribution in [0.25, 0.3) is 0 Å². The molecule has 0 saturated carbocycles. The van der Waals surface area contributed by atoms with Crippen LogP contribution in [0.5, 0.6) is 0 Å². The van der Waals surface area contributed by atoms with Crippen molar-refractivity contribution in [2.75, 3.05) is 10.0 Å². The molecule has 2 N–H and O–H groups in total. The van der Waals surface area contributed by atoms with Crippen molar-refractivity contribution in [3.63, 3.8) is 0 Å². The number of halogens is 2. The molecule has 0 heterocycles. The molecule has 3 aromatic rings. The summed E-state index contributed by atoms with van der Waals surface area (Å²) in [7, 11) is -3.82. The van der Waals surface area contributed by atoms with Crippen molar-refractivity contribution < 1.29 is 13.2 Å². The summed E-state index contributed by atoms with van der Waals surface area (Å²) >= 11 is 11.7. The number of aryl methyl sites for hydroxylation is 1. The third-order valence-corrected chi connectivity index (χ3v) is 5.82. The Labute approximate surface area is 173 Å². The van der Waals surface area contributed by atoms with Crippen LogP contribution < -0.4 is 10.0 Å². The number of anilines is 2. The van der Waals surface area contributed by atoms with E-state index < -0.39 is 10.0 Å². The topological polar surface area (TPSA) is 75.3 Å². The number of carbonyl (C=O) groups excluding carboxylic acids is 1. The van der Waals surface area contributed by atoms with Crippen molar-refractivity contribution in [2.24, 2.45) is 0 Å². The van der Waals surface area contributed by atoms with Crippen LogP contribution in [0.1, 0.15) is 15.9 Å². The molecular weight excluding hydrogens is 419 g/mol. The van der Waals surface area contributed by atoms with Gasteiger partial charge in [0.2, 0.25) is 0 Å². The molecule has 0 aliphatic heterocycles. The Morgan fingerprint density at radius 2 is 1.61 bits per heavy atom. The first-order valence-corrected chi connectivity index (χ1v) is 10.4.